The van der Waals surface area contributed by atoms with Gasteiger partial charge in [0.05, 0.1) is 5.39 Å². The summed E-state index contributed by atoms with van der Waals surface area (Å²) in [6.45, 7) is 9.46. The number of aromatic nitrogens is 3. The van der Waals surface area contributed by atoms with E-state index >= 15 is 0 Å². The summed E-state index contributed by atoms with van der Waals surface area (Å²) in [6, 6.07) is 0. The molecular weight excluding hydrogens is 260 g/mol. The summed E-state index contributed by atoms with van der Waals surface area (Å²) in [5, 5.41) is 1.03. The molecule has 0 spiro atoms. The molecule has 0 unspecified atom stereocenters. The van der Waals surface area contributed by atoms with Crippen molar-refractivity contribution in [2.75, 3.05) is 5.73 Å². The summed E-state index contributed by atoms with van der Waals surface area (Å²) in [6.07, 6.45) is 7.84. The van der Waals surface area contributed by atoms with Gasteiger partial charge in [0.25, 0.3) is 0 Å². The highest BCUT2D eigenvalue weighted by molar-refractivity contribution is 5.91. The van der Waals surface area contributed by atoms with Crippen molar-refractivity contribution in [3.63, 3.8) is 0 Å². The van der Waals surface area contributed by atoms with E-state index in [1.807, 2.05) is 6.92 Å². The Bertz CT molecular complexity index is 613. The molecule has 0 fully saturated rings. The van der Waals surface area contributed by atoms with Crippen molar-refractivity contribution in [3.8, 4) is 0 Å². The van der Waals surface area contributed by atoms with E-state index in [4.69, 9.17) is 5.73 Å². The molecule has 2 rings (SSSR count). The van der Waals surface area contributed by atoms with Gasteiger partial charge >= 0.3 is 0 Å². The van der Waals surface area contributed by atoms with Gasteiger partial charge in [-0.25, -0.2) is 9.97 Å². The van der Waals surface area contributed by atoms with E-state index < -0.39 is 0 Å². The molecule has 0 saturated heterocycles. The number of nitrogen functional groups attached to an aromatic ring is 1. The number of hydrogen-bond acceptors (Lipinski definition) is 3. The van der Waals surface area contributed by atoms with Crippen molar-refractivity contribution in [2.24, 2.45) is 0 Å². The van der Waals surface area contributed by atoms with E-state index in [9.17, 15) is 0 Å². The van der Waals surface area contributed by atoms with Gasteiger partial charge in [-0.15, -0.1) is 0 Å². The SMILES string of the molecule is CCCCCCCCn1c(C)c(C)c2c(N)nc(C)nc21. The summed E-state index contributed by atoms with van der Waals surface area (Å²) in [5.41, 5.74) is 9.57. The number of nitrogens with zero attached hydrogens (tertiary/aromatic N) is 3. The maximum atomic E-state index is 6.09. The highest BCUT2D eigenvalue weighted by atomic mass is 15.1. The van der Waals surface area contributed by atoms with Gasteiger partial charge in [-0.3, -0.25) is 0 Å². The minimum Gasteiger partial charge on any atom is -0.383 e. The third kappa shape index (κ3) is 3.36. The number of aryl methyl sites for hydroxylation is 3. The van der Waals surface area contributed by atoms with Gasteiger partial charge in [0.2, 0.25) is 0 Å². The first-order chi connectivity index (χ1) is 10.1. The number of fused-ring (bicyclic) bond motifs is 1. The van der Waals surface area contributed by atoms with Crippen LogP contribution < -0.4 is 5.73 Å². The Morgan fingerprint density at radius 2 is 1.62 bits per heavy atom. The number of hydrogen-bond donors (Lipinski definition) is 1. The van der Waals surface area contributed by atoms with Crippen LogP contribution in [0.4, 0.5) is 5.82 Å². The molecule has 4 heteroatoms. The largest absolute Gasteiger partial charge is 0.383 e. The van der Waals surface area contributed by atoms with Crippen LogP contribution in [0.2, 0.25) is 0 Å². The highest BCUT2D eigenvalue weighted by Crippen LogP contribution is 2.28. The maximum absolute atomic E-state index is 6.09. The van der Waals surface area contributed by atoms with Crippen molar-refractivity contribution in [1.82, 2.24) is 14.5 Å². The fourth-order valence-electron chi connectivity index (χ4n) is 3.00. The number of unbranched alkanes of at least 4 members (excludes halogenated alkanes) is 5. The normalized spacial score (nSPS) is 11.4. The molecule has 2 N–H and O–H groups in total. The van der Waals surface area contributed by atoms with Crippen molar-refractivity contribution in [2.45, 2.75) is 72.8 Å². The Morgan fingerprint density at radius 3 is 2.33 bits per heavy atom. The molecule has 2 aromatic heterocycles. The molecule has 2 aromatic rings. The second-order valence-corrected chi connectivity index (χ2v) is 5.98. The van der Waals surface area contributed by atoms with Gasteiger partial charge in [0.1, 0.15) is 17.3 Å². The van der Waals surface area contributed by atoms with Gasteiger partial charge in [-0.1, -0.05) is 39.0 Å². The van der Waals surface area contributed by atoms with Gasteiger partial charge in [-0.05, 0) is 32.8 Å². The molecule has 2 heterocycles. The Labute approximate surface area is 127 Å². The zero-order valence-corrected chi connectivity index (χ0v) is 13.9. The van der Waals surface area contributed by atoms with E-state index in [0.29, 0.717) is 5.82 Å². The van der Waals surface area contributed by atoms with Crippen LogP contribution in [0.5, 0.6) is 0 Å². The molecule has 0 saturated carbocycles. The Kier molecular flexibility index (Phi) is 5.21. The van der Waals surface area contributed by atoms with Crippen LogP contribution in [0.3, 0.4) is 0 Å². The first-order valence-corrected chi connectivity index (χ1v) is 8.15. The van der Waals surface area contributed by atoms with Crippen molar-refractivity contribution >= 4 is 16.9 Å². The van der Waals surface area contributed by atoms with Crippen LogP contribution in [-0.4, -0.2) is 14.5 Å². The molecular formula is C17H28N4. The quantitative estimate of drug-likeness (QED) is 0.773. The summed E-state index contributed by atoms with van der Waals surface area (Å²) < 4.78 is 2.32. The maximum Gasteiger partial charge on any atom is 0.146 e. The summed E-state index contributed by atoms with van der Waals surface area (Å²) >= 11 is 0. The first-order valence-electron chi connectivity index (χ1n) is 8.15. The molecule has 0 aliphatic carbocycles. The van der Waals surface area contributed by atoms with Crippen LogP contribution in [-0.2, 0) is 6.54 Å². The van der Waals surface area contributed by atoms with Crippen LogP contribution in [0, 0.1) is 20.8 Å². The standard InChI is InChI=1S/C17H28N4/c1-5-6-7-8-9-10-11-21-13(3)12(2)15-16(18)19-14(4)20-17(15)21/h5-11H2,1-4H3,(H2,18,19,20). The lowest BCUT2D eigenvalue weighted by molar-refractivity contribution is 0.558. The molecule has 21 heavy (non-hydrogen) atoms. The third-order valence-corrected chi connectivity index (χ3v) is 4.34. The zero-order chi connectivity index (χ0) is 15.4. The van der Waals surface area contributed by atoms with Gasteiger partial charge < -0.3 is 10.3 Å². The zero-order valence-electron chi connectivity index (χ0n) is 13.9. The molecule has 0 amide bonds. The Hall–Kier alpha value is -1.58. The van der Waals surface area contributed by atoms with E-state index in [1.165, 1.54) is 49.8 Å². The minimum atomic E-state index is 0.611. The average molecular weight is 288 g/mol. The molecule has 0 radical (unpaired) electrons. The summed E-state index contributed by atoms with van der Waals surface area (Å²) in [7, 11) is 0. The van der Waals surface area contributed by atoms with Crippen molar-refractivity contribution < 1.29 is 0 Å². The summed E-state index contributed by atoms with van der Waals surface area (Å²) in [5.74, 6) is 1.36. The fraction of sp³-hybridized carbons (Fsp3) is 0.647. The molecule has 0 bridgehead atoms. The average Bonchev–Trinajstić information content (AvgIpc) is 2.67. The van der Waals surface area contributed by atoms with Crippen LogP contribution in [0.25, 0.3) is 11.0 Å². The van der Waals surface area contributed by atoms with Gasteiger partial charge in [0.15, 0.2) is 0 Å². The molecule has 0 aliphatic heterocycles. The van der Waals surface area contributed by atoms with Gasteiger partial charge in [-0.2, -0.15) is 0 Å². The van der Waals surface area contributed by atoms with Crippen molar-refractivity contribution in [3.05, 3.63) is 17.1 Å². The topological polar surface area (TPSA) is 56.7 Å². The lowest BCUT2D eigenvalue weighted by Crippen LogP contribution is -2.03. The Morgan fingerprint density at radius 1 is 0.952 bits per heavy atom. The van der Waals surface area contributed by atoms with Crippen LogP contribution in [0.1, 0.15) is 62.5 Å². The molecule has 0 aliphatic rings. The molecule has 0 aromatic carbocycles. The Balaban J connectivity index is 2.14. The highest BCUT2D eigenvalue weighted by Gasteiger charge is 2.15. The smallest absolute Gasteiger partial charge is 0.146 e. The van der Waals surface area contributed by atoms with Crippen LogP contribution in [0.15, 0.2) is 0 Å². The number of nitrogens with two attached hydrogens (primary N) is 1. The van der Waals surface area contributed by atoms with E-state index in [1.54, 1.807) is 0 Å². The minimum absolute atomic E-state index is 0.611. The molecule has 116 valence electrons. The third-order valence-electron chi connectivity index (χ3n) is 4.34. The molecule has 0 atom stereocenters. The lowest BCUT2D eigenvalue weighted by atomic mass is 10.1. The predicted octanol–water partition coefficient (Wildman–Crippen LogP) is 4.30. The van der Waals surface area contributed by atoms with Crippen molar-refractivity contribution in [1.29, 1.82) is 0 Å². The van der Waals surface area contributed by atoms with E-state index in [-0.39, 0.29) is 0 Å². The second kappa shape index (κ2) is 6.92. The molecule has 4 nitrogen and oxygen atoms in total. The van der Waals surface area contributed by atoms with E-state index in [2.05, 4.69) is 35.3 Å². The fourth-order valence-corrected chi connectivity index (χ4v) is 3.00. The monoisotopic (exact) mass is 288 g/mol. The van der Waals surface area contributed by atoms with Crippen LogP contribution >= 0.6 is 0 Å². The lowest BCUT2D eigenvalue weighted by Gasteiger charge is -2.08. The first kappa shape index (κ1) is 15.8. The van der Waals surface area contributed by atoms with E-state index in [0.717, 1.165) is 23.4 Å². The summed E-state index contributed by atoms with van der Waals surface area (Å²) in [4.78, 5) is 8.92. The van der Waals surface area contributed by atoms with Gasteiger partial charge in [0, 0.05) is 12.2 Å². The number of rotatable bonds is 7. The second-order valence-electron chi connectivity index (χ2n) is 5.98. The predicted molar refractivity (Wildman–Crippen MR) is 89.5 cm³/mol. The number of anilines is 1.